The second kappa shape index (κ2) is 7.09. The van der Waals surface area contributed by atoms with Crippen molar-refractivity contribution in [2.24, 2.45) is 7.05 Å². The molecule has 0 saturated carbocycles. The van der Waals surface area contributed by atoms with Gasteiger partial charge in [-0.15, -0.1) is 24.0 Å². The maximum atomic E-state index is 11.4. The first-order chi connectivity index (χ1) is 6.82. The van der Waals surface area contributed by atoms with Crippen molar-refractivity contribution in [1.82, 2.24) is 4.57 Å². The maximum Gasteiger partial charge on any atom is 0.253 e. The zero-order chi connectivity index (χ0) is 12.2. The van der Waals surface area contributed by atoms with E-state index in [1.807, 2.05) is 33.0 Å². The van der Waals surface area contributed by atoms with Gasteiger partial charge in [0.2, 0.25) is 0 Å². The van der Waals surface area contributed by atoms with Gasteiger partial charge in [0.15, 0.2) is 0 Å². The predicted octanol–water partition coefficient (Wildman–Crippen LogP) is 3.64. The van der Waals surface area contributed by atoms with Crippen molar-refractivity contribution in [1.29, 1.82) is 0 Å². The second-order valence-corrected chi connectivity index (χ2v) is 4.58. The summed E-state index contributed by atoms with van der Waals surface area (Å²) in [5.74, 6) is 0. The molecule has 0 fully saturated rings. The molecule has 0 unspecified atom stereocenters. The second-order valence-electron chi connectivity index (χ2n) is 4.58. The number of aromatic nitrogens is 1. The molecule has 94 valence electrons. The van der Waals surface area contributed by atoms with Crippen molar-refractivity contribution < 1.29 is 0 Å². The summed E-state index contributed by atoms with van der Waals surface area (Å²) in [6, 6.07) is 1.97. The highest BCUT2D eigenvalue weighted by atomic mass is 127. The number of halogens is 1. The summed E-state index contributed by atoms with van der Waals surface area (Å²) in [4.78, 5) is 11.4. The molecule has 0 spiro atoms. The Morgan fingerprint density at radius 1 is 1.19 bits per heavy atom. The van der Waals surface area contributed by atoms with Crippen LogP contribution < -0.4 is 5.56 Å². The number of pyridine rings is 1. The Labute approximate surface area is 116 Å². The van der Waals surface area contributed by atoms with E-state index in [-0.39, 0.29) is 35.0 Å². The molecule has 0 saturated heterocycles. The number of aryl methyl sites for hydroxylation is 2. The van der Waals surface area contributed by atoms with Crippen molar-refractivity contribution in [3.8, 4) is 0 Å². The van der Waals surface area contributed by atoms with E-state index in [1.54, 1.807) is 11.6 Å². The topological polar surface area (TPSA) is 22.0 Å². The normalized spacial score (nSPS) is 9.94. The molecule has 0 amide bonds. The lowest BCUT2D eigenvalue weighted by atomic mass is 9.87. The third kappa shape index (κ3) is 4.68. The molecular weight excluding hydrogens is 313 g/mol. The van der Waals surface area contributed by atoms with E-state index in [9.17, 15) is 4.79 Å². The summed E-state index contributed by atoms with van der Waals surface area (Å²) >= 11 is 0. The highest BCUT2D eigenvalue weighted by Gasteiger charge is 2.15. The van der Waals surface area contributed by atoms with Crippen LogP contribution in [0.3, 0.4) is 0 Å². The van der Waals surface area contributed by atoms with Gasteiger partial charge in [-0.25, -0.2) is 0 Å². The molecule has 3 heteroatoms. The largest absolute Gasteiger partial charge is 0.318 e. The van der Waals surface area contributed by atoms with E-state index in [0.717, 1.165) is 5.56 Å². The van der Waals surface area contributed by atoms with Crippen LogP contribution in [-0.4, -0.2) is 4.57 Å². The molecule has 0 aliphatic rings. The molecule has 16 heavy (non-hydrogen) atoms. The Kier molecular flexibility index (Phi) is 8.00. The van der Waals surface area contributed by atoms with Crippen molar-refractivity contribution in [3.63, 3.8) is 0 Å². The third-order valence-electron chi connectivity index (χ3n) is 2.23. The van der Waals surface area contributed by atoms with E-state index in [0.29, 0.717) is 0 Å². The van der Waals surface area contributed by atoms with E-state index in [1.165, 1.54) is 5.56 Å². The standard InChI is InChI=1S/C11H17NO.C2H6.HI/c1-8-6-9(11(2,3)4)7-12(5)10(8)13;1-2;/h6-7H,1-5H3;1-2H3;1H. The first kappa shape index (κ1) is 18.1. The minimum atomic E-state index is 0. The zero-order valence-electron chi connectivity index (χ0n) is 11.4. The van der Waals surface area contributed by atoms with Gasteiger partial charge in [0.1, 0.15) is 0 Å². The summed E-state index contributed by atoms with van der Waals surface area (Å²) in [6.45, 7) is 12.3. The van der Waals surface area contributed by atoms with Crippen LogP contribution in [0, 0.1) is 6.92 Å². The Morgan fingerprint density at radius 3 is 1.94 bits per heavy atom. The summed E-state index contributed by atoms with van der Waals surface area (Å²) in [5.41, 5.74) is 2.21. The Bertz CT molecular complexity index is 348. The molecule has 0 N–H and O–H groups in total. The van der Waals surface area contributed by atoms with Gasteiger partial charge in [0, 0.05) is 18.8 Å². The fourth-order valence-electron chi connectivity index (χ4n) is 1.29. The zero-order valence-corrected chi connectivity index (χ0v) is 13.7. The minimum Gasteiger partial charge on any atom is -0.318 e. The van der Waals surface area contributed by atoms with Crippen LogP contribution in [0.15, 0.2) is 17.1 Å². The molecule has 1 aromatic heterocycles. The average Bonchev–Trinajstić information content (AvgIpc) is 2.15. The van der Waals surface area contributed by atoms with E-state index in [2.05, 4.69) is 20.8 Å². The SMILES string of the molecule is CC.Cc1cc(C(C)(C)C)cn(C)c1=O.I. The smallest absolute Gasteiger partial charge is 0.253 e. The fraction of sp³-hybridized carbons (Fsp3) is 0.615. The monoisotopic (exact) mass is 337 g/mol. The maximum absolute atomic E-state index is 11.4. The average molecular weight is 337 g/mol. The molecule has 2 nitrogen and oxygen atoms in total. The fourth-order valence-corrected chi connectivity index (χ4v) is 1.29. The minimum absolute atomic E-state index is 0. The Hall–Kier alpha value is -0.320. The van der Waals surface area contributed by atoms with E-state index >= 15 is 0 Å². The lowest BCUT2D eigenvalue weighted by Crippen LogP contribution is -2.23. The van der Waals surface area contributed by atoms with Gasteiger partial charge in [-0.2, -0.15) is 0 Å². The molecule has 0 bridgehead atoms. The summed E-state index contributed by atoms with van der Waals surface area (Å²) in [6.07, 6.45) is 1.91. The molecule has 0 atom stereocenters. The number of rotatable bonds is 0. The highest BCUT2D eigenvalue weighted by molar-refractivity contribution is 14.0. The van der Waals surface area contributed by atoms with Gasteiger partial charge >= 0.3 is 0 Å². The van der Waals surface area contributed by atoms with Crippen LogP contribution in [0.1, 0.15) is 45.7 Å². The summed E-state index contributed by atoms with van der Waals surface area (Å²) < 4.78 is 1.65. The lowest BCUT2D eigenvalue weighted by Gasteiger charge is -2.20. The molecule has 0 aromatic carbocycles. The van der Waals surface area contributed by atoms with Gasteiger partial charge in [-0.3, -0.25) is 4.79 Å². The molecule has 1 heterocycles. The first-order valence-electron chi connectivity index (χ1n) is 5.50. The molecule has 0 aliphatic heterocycles. The van der Waals surface area contributed by atoms with Gasteiger partial charge in [-0.1, -0.05) is 34.6 Å². The van der Waals surface area contributed by atoms with Gasteiger partial charge in [0.25, 0.3) is 5.56 Å². The van der Waals surface area contributed by atoms with Crippen LogP contribution in [0.5, 0.6) is 0 Å². The Balaban J connectivity index is 0. The van der Waals surface area contributed by atoms with Crippen LogP contribution in [0.25, 0.3) is 0 Å². The number of nitrogens with zero attached hydrogens (tertiary/aromatic N) is 1. The molecule has 1 aromatic rings. The number of hydrogen-bond donors (Lipinski definition) is 0. The van der Waals surface area contributed by atoms with Crippen molar-refractivity contribution in [2.75, 3.05) is 0 Å². The van der Waals surface area contributed by atoms with E-state index < -0.39 is 0 Å². The highest BCUT2D eigenvalue weighted by Crippen LogP contribution is 2.21. The third-order valence-corrected chi connectivity index (χ3v) is 2.23. The van der Waals surface area contributed by atoms with Crippen molar-refractivity contribution in [2.45, 2.75) is 47.0 Å². The van der Waals surface area contributed by atoms with Gasteiger partial charge in [-0.05, 0) is 24.0 Å². The van der Waals surface area contributed by atoms with Crippen LogP contribution in [-0.2, 0) is 12.5 Å². The number of hydrogen-bond acceptors (Lipinski definition) is 1. The van der Waals surface area contributed by atoms with Gasteiger partial charge in [0.05, 0.1) is 0 Å². The first-order valence-corrected chi connectivity index (χ1v) is 5.50. The summed E-state index contributed by atoms with van der Waals surface area (Å²) in [7, 11) is 1.80. The van der Waals surface area contributed by atoms with Gasteiger partial charge < -0.3 is 4.57 Å². The quantitative estimate of drug-likeness (QED) is 0.663. The molecule has 0 radical (unpaired) electrons. The summed E-state index contributed by atoms with van der Waals surface area (Å²) in [5, 5.41) is 0. The van der Waals surface area contributed by atoms with Crippen LogP contribution in [0.4, 0.5) is 0 Å². The van der Waals surface area contributed by atoms with Crippen molar-refractivity contribution in [3.05, 3.63) is 33.7 Å². The molecular formula is C13H24INO. The lowest BCUT2D eigenvalue weighted by molar-refractivity contribution is 0.579. The van der Waals surface area contributed by atoms with Crippen LogP contribution in [0.2, 0.25) is 0 Å². The predicted molar refractivity (Wildman–Crippen MR) is 81.9 cm³/mol. The van der Waals surface area contributed by atoms with Crippen LogP contribution >= 0.6 is 24.0 Å². The molecule has 1 rings (SSSR count). The molecule has 0 aliphatic carbocycles. The van der Waals surface area contributed by atoms with Crippen molar-refractivity contribution >= 4 is 24.0 Å². The Morgan fingerprint density at radius 2 is 1.62 bits per heavy atom. The van der Waals surface area contributed by atoms with E-state index in [4.69, 9.17) is 0 Å².